The fourth-order valence-corrected chi connectivity index (χ4v) is 2.91. The molecule has 5 nitrogen and oxygen atoms in total. The maximum atomic E-state index is 12.5. The van der Waals surface area contributed by atoms with Crippen molar-refractivity contribution in [3.63, 3.8) is 0 Å². The zero-order valence-electron chi connectivity index (χ0n) is 12.7. The molecule has 0 heterocycles. The van der Waals surface area contributed by atoms with Gasteiger partial charge in [-0.25, -0.2) is 12.7 Å². The van der Waals surface area contributed by atoms with E-state index in [-0.39, 0.29) is 10.8 Å². The standard InChI is InChI=1S/C16H18N2O3S/c1-17(2)22(20,21)15-11-7-8-13(12-15)16(19)18(3)14-9-5-4-6-10-14/h4-12H,1-3H3. The van der Waals surface area contributed by atoms with Gasteiger partial charge in [0, 0.05) is 32.4 Å². The maximum Gasteiger partial charge on any atom is 0.258 e. The summed E-state index contributed by atoms with van der Waals surface area (Å²) >= 11 is 0. The summed E-state index contributed by atoms with van der Waals surface area (Å²) in [6.45, 7) is 0. The van der Waals surface area contributed by atoms with E-state index in [9.17, 15) is 13.2 Å². The third-order valence-corrected chi connectivity index (χ3v) is 5.12. The highest BCUT2D eigenvalue weighted by Gasteiger charge is 2.20. The van der Waals surface area contributed by atoms with Crippen molar-refractivity contribution >= 4 is 21.6 Å². The Hall–Kier alpha value is -2.18. The van der Waals surface area contributed by atoms with Gasteiger partial charge in [0.2, 0.25) is 10.0 Å². The third-order valence-electron chi connectivity index (χ3n) is 3.31. The number of rotatable bonds is 4. The molecule has 2 aromatic carbocycles. The van der Waals surface area contributed by atoms with E-state index in [0.717, 1.165) is 9.99 Å². The number of hydrogen-bond acceptors (Lipinski definition) is 3. The molecule has 6 heteroatoms. The molecule has 0 saturated carbocycles. The third kappa shape index (κ3) is 3.18. The number of carbonyl (C=O) groups is 1. The summed E-state index contributed by atoms with van der Waals surface area (Å²) < 4.78 is 25.4. The van der Waals surface area contributed by atoms with Crippen molar-refractivity contribution in [1.29, 1.82) is 0 Å². The number of benzene rings is 2. The molecule has 0 atom stereocenters. The van der Waals surface area contributed by atoms with Gasteiger partial charge < -0.3 is 4.90 Å². The number of carbonyl (C=O) groups excluding carboxylic acids is 1. The van der Waals surface area contributed by atoms with Crippen LogP contribution in [0, 0.1) is 0 Å². The van der Waals surface area contributed by atoms with Gasteiger partial charge in [-0.3, -0.25) is 4.79 Å². The van der Waals surface area contributed by atoms with Crippen LogP contribution in [0.1, 0.15) is 10.4 Å². The van der Waals surface area contributed by atoms with E-state index in [1.165, 1.54) is 31.1 Å². The Bertz CT molecular complexity index is 771. The highest BCUT2D eigenvalue weighted by molar-refractivity contribution is 7.89. The molecule has 0 unspecified atom stereocenters. The lowest BCUT2D eigenvalue weighted by Crippen LogP contribution is -2.27. The Morgan fingerprint density at radius 2 is 1.55 bits per heavy atom. The van der Waals surface area contributed by atoms with E-state index in [1.807, 2.05) is 30.3 Å². The molecule has 0 N–H and O–H groups in total. The second-order valence-electron chi connectivity index (χ2n) is 5.01. The SMILES string of the molecule is CN(C(=O)c1cccc(S(=O)(=O)N(C)C)c1)c1ccccc1. The molecule has 1 amide bonds. The molecule has 0 fully saturated rings. The van der Waals surface area contributed by atoms with E-state index in [4.69, 9.17) is 0 Å². The molecule has 0 aromatic heterocycles. The van der Waals surface area contributed by atoms with Crippen molar-refractivity contribution in [1.82, 2.24) is 4.31 Å². The van der Waals surface area contributed by atoms with Crippen LogP contribution < -0.4 is 4.90 Å². The molecule has 0 aliphatic carbocycles. The predicted octanol–water partition coefficient (Wildman–Crippen LogP) is 2.21. The molecule has 22 heavy (non-hydrogen) atoms. The van der Waals surface area contributed by atoms with Gasteiger partial charge in [0.1, 0.15) is 0 Å². The number of amides is 1. The number of sulfonamides is 1. The number of anilines is 1. The van der Waals surface area contributed by atoms with Gasteiger partial charge in [-0.05, 0) is 30.3 Å². The Morgan fingerprint density at radius 3 is 2.14 bits per heavy atom. The van der Waals surface area contributed by atoms with Crippen LogP contribution in [0.2, 0.25) is 0 Å². The lowest BCUT2D eigenvalue weighted by Gasteiger charge is -2.18. The van der Waals surface area contributed by atoms with Gasteiger partial charge in [0.25, 0.3) is 5.91 Å². The first-order valence-corrected chi connectivity index (χ1v) is 8.14. The highest BCUT2D eigenvalue weighted by atomic mass is 32.2. The first kappa shape index (κ1) is 16.2. The Labute approximate surface area is 130 Å². The van der Waals surface area contributed by atoms with Crippen molar-refractivity contribution in [3.05, 3.63) is 60.2 Å². The molecule has 0 saturated heterocycles. The molecule has 116 valence electrons. The molecular formula is C16H18N2O3S. The van der Waals surface area contributed by atoms with Crippen LogP contribution in [0.25, 0.3) is 0 Å². The summed E-state index contributed by atoms with van der Waals surface area (Å²) in [6, 6.07) is 15.2. The summed E-state index contributed by atoms with van der Waals surface area (Å²) in [7, 11) is 1.01. The Morgan fingerprint density at radius 1 is 0.909 bits per heavy atom. The van der Waals surface area contributed by atoms with Crippen molar-refractivity contribution in [3.8, 4) is 0 Å². The fourth-order valence-electron chi connectivity index (χ4n) is 1.96. The lowest BCUT2D eigenvalue weighted by molar-refractivity contribution is 0.0993. The van der Waals surface area contributed by atoms with E-state index in [2.05, 4.69) is 0 Å². The summed E-state index contributed by atoms with van der Waals surface area (Å²) in [6.07, 6.45) is 0. The van der Waals surface area contributed by atoms with E-state index in [1.54, 1.807) is 19.2 Å². The zero-order valence-corrected chi connectivity index (χ0v) is 13.5. The molecule has 0 spiro atoms. The van der Waals surface area contributed by atoms with Gasteiger partial charge >= 0.3 is 0 Å². The second-order valence-corrected chi connectivity index (χ2v) is 7.17. The molecule has 0 aliphatic heterocycles. The van der Waals surface area contributed by atoms with E-state index >= 15 is 0 Å². The first-order valence-electron chi connectivity index (χ1n) is 6.70. The predicted molar refractivity (Wildman–Crippen MR) is 86.5 cm³/mol. The number of nitrogens with zero attached hydrogens (tertiary/aromatic N) is 2. The van der Waals surface area contributed by atoms with Crippen LogP contribution >= 0.6 is 0 Å². The highest BCUT2D eigenvalue weighted by Crippen LogP contribution is 2.18. The monoisotopic (exact) mass is 318 g/mol. The summed E-state index contributed by atoms with van der Waals surface area (Å²) in [5.74, 6) is -0.262. The fraction of sp³-hybridized carbons (Fsp3) is 0.188. The van der Waals surface area contributed by atoms with Crippen molar-refractivity contribution in [2.75, 3.05) is 26.0 Å². The minimum Gasteiger partial charge on any atom is -0.311 e. The summed E-state index contributed by atoms with van der Waals surface area (Å²) in [5.41, 5.74) is 1.07. The van der Waals surface area contributed by atoms with Gasteiger partial charge in [0.15, 0.2) is 0 Å². The second kappa shape index (κ2) is 6.29. The van der Waals surface area contributed by atoms with Gasteiger partial charge in [0.05, 0.1) is 4.90 Å². The lowest BCUT2D eigenvalue weighted by atomic mass is 10.2. The number of hydrogen-bond donors (Lipinski definition) is 0. The normalized spacial score (nSPS) is 11.5. The maximum absolute atomic E-state index is 12.5. The summed E-state index contributed by atoms with van der Waals surface area (Å²) in [4.78, 5) is 14.1. The molecule has 0 radical (unpaired) electrons. The van der Waals surface area contributed by atoms with Crippen molar-refractivity contribution < 1.29 is 13.2 Å². The Balaban J connectivity index is 2.36. The van der Waals surface area contributed by atoms with Gasteiger partial charge in [-0.15, -0.1) is 0 Å². The van der Waals surface area contributed by atoms with Crippen LogP contribution in [0.5, 0.6) is 0 Å². The van der Waals surface area contributed by atoms with Crippen LogP contribution in [0.3, 0.4) is 0 Å². The average Bonchev–Trinajstić information content (AvgIpc) is 2.54. The number of para-hydroxylation sites is 1. The Kier molecular flexibility index (Phi) is 4.63. The minimum atomic E-state index is -3.56. The zero-order chi connectivity index (χ0) is 16.3. The topological polar surface area (TPSA) is 57.7 Å². The largest absolute Gasteiger partial charge is 0.311 e. The quantitative estimate of drug-likeness (QED) is 0.868. The molecule has 0 aliphatic rings. The van der Waals surface area contributed by atoms with E-state index < -0.39 is 10.0 Å². The smallest absolute Gasteiger partial charge is 0.258 e. The molecule has 0 bridgehead atoms. The first-order chi connectivity index (χ1) is 10.3. The van der Waals surface area contributed by atoms with Crippen LogP contribution in [-0.2, 0) is 10.0 Å². The van der Waals surface area contributed by atoms with Crippen LogP contribution in [0.15, 0.2) is 59.5 Å². The van der Waals surface area contributed by atoms with Crippen molar-refractivity contribution in [2.24, 2.45) is 0 Å². The van der Waals surface area contributed by atoms with Gasteiger partial charge in [-0.2, -0.15) is 0 Å². The molecule has 2 rings (SSSR count). The van der Waals surface area contributed by atoms with E-state index in [0.29, 0.717) is 5.56 Å². The minimum absolute atomic E-state index is 0.102. The molecular weight excluding hydrogens is 300 g/mol. The average molecular weight is 318 g/mol. The summed E-state index contributed by atoms with van der Waals surface area (Å²) in [5, 5.41) is 0. The molecule has 2 aromatic rings. The van der Waals surface area contributed by atoms with Crippen molar-refractivity contribution in [2.45, 2.75) is 4.90 Å². The van der Waals surface area contributed by atoms with Crippen LogP contribution in [0.4, 0.5) is 5.69 Å². The van der Waals surface area contributed by atoms with Gasteiger partial charge in [-0.1, -0.05) is 24.3 Å². The van der Waals surface area contributed by atoms with Crippen LogP contribution in [-0.4, -0.2) is 39.8 Å².